The normalized spacial score (nSPS) is 11.9. The highest BCUT2D eigenvalue weighted by atomic mass is 32.1. The van der Waals surface area contributed by atoms with Crippen LogP contribution >= 0.6 is 11.3 Å². The lowest BCUT2D eigenvalue weighted by Gasteiger charge is -1.87. The lowest BCUT2D eigenvalue weighted by molar-refractivity contribution is 0.253. The Balaban J connectivity index is 2.81. The maximum atomic E-state index is 8.87. The third kappa shape index (κ3) is 2.38. The summed E-state index contributed by atoms with van der Waals surface area (Å²) in [5.41, 5.74) is 1.18. The predicted molar refractivity (Wildman–Crippen MR) is 47.6 cm³/mol. The van der Waals surface area contributed by atoms with Crippen LogP contribution in [-0.2, 0) is 0 Å². The van der Waals surface area contributed by atoms with E-state index in [2.05, 4.69) is 11.8 Å². The quantitative estimate of drug-likeness (QED) is 0.582. The topological polar surface area (TPSA) is 20.2 Å². The van der Waals surface area contributed by atoms with Crippen molar-refractivity contribution in [1.29, 1.82) is 0 Å². The van der Waals surface area contributed by atoms with Crippen molar-refractivity contribution in [2.45, 2.75) is 20.0 Å². The lowest BCUT2D eigenvalue weighted by atomic mass is 10.3. The fourth-order valence-corrected chi connectivity index (χ4v) is 1.45. The molecule has 0 saturated heterocycles. The minimum Gasteiger partial charge on any atom is -0.381 e. The van der Waals surface area contributed by atoms with Gasteiger partial charge in [-0.25, -0.2) is 0 Å². The summed E-state index contributed by atoms with van der Waals surface area (Å²) in [5.74, 6) is 5.62. The van der Waals surface area contributed by atoms with Crippen LogP contribution in [0.2, 0.25) is 0 Å². The molecule has 0 unspecified atom stereocenters. The smallest absolute Gasteiger partial charge is 0.112 e. The minimum atomic E-state index is -0.531. The number of thiophene rings is 1. The van der Waals surface area contributed by atoms with Crippen LogP contribution in [0.15, 0.2) is 11.4 Å². The summed E-state index contributed by atoms with van der Waals surface area (Å²) < 4.78 is 0. The average molecular weight is 166 g/mol. The zero-order valence-electron chi connectivity index (χ0n) is 6.59. The Morgan fingerprint density at radius 1 is 1.64 bits per heavy atom. The van der Waals surface area contributed by atoms with Gasteiger partial charge >= 0.3 is 0 Å². The molecule has 0 amide bonds. The van der Waals surface area contributed by atoms with E-state index in [1.807, 2.05) is 18.4 Å². The highest BCUT2D eigenvalue weighted by molar-refractivity contribution is 7.10. The second-order valence-corrected chi connectivity index (χ2v) is 3.29. The highest BCUT2D eigenvalue weighted by Crippen LogP contribution is 2.13. The SMILES string of the molecule is Cc1ccsc1C#C[C@@H](C)O. The molecule has 1 aromatic rings. The third-order valence-electron chi connectivity index (χ3n) is 1.26. The van der Waals surface area contributed by atoms with Gasteiger partial charge in [0.2, 0.25) is 0 Å². The van der Waals surface area contributed by atoms with E-state index in [-0.39, 0.29) is 0 Å². The van der Waals surface area contributed by atoms with Gasteiger partial charge in [0.05, 0.1) is 4.88 Å². The van der Waals surface area contributed by atoms with Crippen molar-refractivity contribution in [1.82, 2.24) is 0 Å². The van der Waals surface area contributed by atoms with Crippen molar-refractivity contribution >= 4 is 11.3 Å². The van der Waals surface area contributed by atoms with E-state index >= 15 is 0 Å². The summed E-state index contributed by atoms with van der Waals surface area (Å²) in [5, 5.41) is 10.9. The summed E-state index contributed by atoms with van der Waals surface area (Å²) in [7, 11) is 0. The van der Waals surface area contributed by atoms with Gasteiger partial charge in [-0.05, 0) is 30.9 Å². The number of rotatable bonds is 0. The van der Waals surface area contributed by atoms with E-state index in [0.717, 1.165) is 4.88 Å². The standard InChI is InChI=1S/C9H10OS/c1-7-5-6-11-9(7)4-3-8(2)10/h5-6,8,10H,1-2H3/t8-/m1/s1. The summed E-state index contributed by atoms with van der Waals surface area (Å²) in [6.07, 6.45) is -0.531. The van der Waals surface area contributed by atoms with Crippen molar-refractivity contribution < 1.29 is 5.11 Å². The number of hydrogen-bond donors (Lipinski definition) is 1. The molecule has 1 aromatic heterocycles. The Morgan fingerprint density at radius 3 is 2.82 bits per heavy atom. The molecular formula is C9H10OS. The summed E-state index contributed by atoms with van der Waals surface area (Å²) in [6, 6.07) is 2.02. The van der Waals surface area contributed by atoms with Gasteiger partial charge in [-0.2, -0.15) is 0 Å². The molecule has 11 heavy (non-hydrogen) atoms. The molecule has 0 bridgehead atoms. The monoisotopic (exact) mass is 166 g/mol. The Bertz CT molecular complexity index is 288. The summed E-state index contributed by atoms with van der Waals surface area (Å²) in [6.45, 7) is 3.68. The number of hydrogen-bond acceptors (Lipinski definition) is 2. The molecule has 0 aliphatic rings. The van der Waals surface area contributed by atoms with E-state index in [1.54, 1.807) is 18.3 Å². The molecule has 1 nitrogen and oxygen atoms in total. The first-order valence-electron chi connectivity index (χ1n) is 3.44. The van der Waals surface area contributed by atoms with Crippen LogP contribution in [0.1, 0.15) is 17.4 Å². The maximum Gasteiger partial charge on any atom is 0.112 e. The number of aliphatic hydroxyl groups excluding tert-OH is 1. The average Bonchev–Trinajstić information content (AvgIpc) is 2.31. The van der Waals surface area contributed by atoms with Crippen molar-refractivity contribution in [3.05, 3.63) is 21.9 Å². The molecule has 0 aliphatic heterocycles. The molecule has 0 fully saturated rings. The molecule has 2 heteroatoms. The van der Waals surface area contributed by atoms with E-state index in [9.17, 15) is 0 Å². The Labute approximate surface area is 70.7 Å². The largest absolute Gasteiger partial charge is 0.381 e. The Hall–Kier alpha value is -0.780. The highest BCUT2D eigenvalue weighted by Gasteiger charge is 1.93. The first-order chi connectivity index (χ1) is 5.20. The van der Waals surface area contributed by atoms with Gasteiger partial charge in [-0.15, -0.1) is 11.3 Å². The fourth-order valence-electron chi connectivity index (χ4n) is 0.671. The van der Waals surface area contributed by atoms with Crippen molar-refractivity contribution in [2.24, 2.45) is 0 Å². The summed E-state index contributed by atoms with van der Waals surface area (Å²) >= 11 is 1.61. The molecule has 1 N–H and O–H groups in total. The number of aryl methyl sites for hydroxylation is 1. The van der Waals surface area contributed by atoms with E-state index in [0.29, 0.717) is 0 Å². The van der Waals surface area contributed by atoms with Crippen molar-refractivity contribution in [2.75, 3.05) is 0 Å². The van der Waals surface area contributed by atoms with Crippen LogP contribution in [0.25, 0.3) is 0 Å². The van der Waals surface area contributed by atoms with Crippen LogP contribution in [-0.4, -0.2) is 11.2 Å². The fraction of sp³-hybridized carbons (Fsp3) is 0.333. The molecule has 1 heterocycles. The third-order valence-corrected chi connectivity index (χ3v) is 2.19. The van der Waals surface area contributed by atoms with Crippen LogP contribution in [0.4, 0.5) is 0 Å². The second kappa shape index (κ2) is 3.56. The van der Waals surface area contributed by atoms with Gasteiger partial charge in [-0.3, -0.25) is 0 Å². The molecule has 0 aromatic carbocycles. The summed E-state index contributed by atoms with van der Waals surface area (Å²) in [4.78, 5) is 1.05. The zero-order chi connectivity index (χ0) is 8.27. The van der Waals surface area contributed by atoms with Crippen LogP contribution in [0, 0.1) is 18.8 Å². The second-order valence-electron chi connectivity index (χ2n) is 2.38. The first kappa shape index (κ1) is 8.32. The maximum absolute atomic E-state index is 8.87. The predicted octanol–water partition coefficient (Wildman–Crippen LogP) is 1.79. The van der Waals surface area contributed by atoms with Gasteiger partial charge in [0.1, 0.15) is 6.10 Å². The van der Waals surface area contributed by atoms with Crippen LogP contribution in [0.5, 0.6) is 0 Å². The van der Waals surface area contributed by atoms with Crippen molar-refractivity contribution in [3.63, 3.8) is 0 Å². The van der Waals surface area contributed by atoms with Crippen LogP contribution in [0.3, 0.4) is 0 Å². The van der Waals surface area contributed by atoms with Gasteiger partial charge in [0.25, 0.3) is 0 Å². The first-order valence-corrected chi connectivity index (χ1v) is 4.32. The molecule has 58 valence electrons. The molecule has 0 saturated carbocycles. The minimum absolute atomic E-state index is 0.531. The molecule has 1 rings (SSSR count). The molecular weight excluding hydrogens is 156 g/mol. The van der Waals surface area contributed by atoms with E-state index in [1.165, 1.54) is 5.56 Å². The molecule has 0 radical (unpaired) electrons. The molecule has 1 atom stereocenters. The van der Waals surface area contributed by atoms with Gasteiger partial charge < -0.3 is 5.11 Å². The van der Waals surface area contributed by atoms with E-state index < -0.39 is 6.10 Å². The Kier molecular flexibility index (Phi) is 2.70. The molecule has 0 aliphatic carbocycles. The van der Waals surface area contributed by atoms with Gasteiger partial charge in [0.15, 0.2) is 0 Å². The van der Waals surface area contributed by atoms with Gasteiger partial charge in [0, 0.05) is 0 Å². The zero-order valence-corrected chi connectivity index (χ0v) is 7.40. The Morgan fingerprint density at radius 2 is 2.36 bits per heavy atom. The van der Waals surface area contributed by atoms with Crippen LogP contribution < -0.4 is 0 Å². The van der Waals surface area contributed by atoms with Crippen molar-refractivity contribution in [3.8, 4) is 11.8 Å². The molecule has 0 spiro atoms. The van der Waals surface area contributed by atoms with E-state index in [4.69, 9.17) is 5.11 Å². The number of aliphatic hydroxyl groups is 1. The lowest BCUT2D eigenvalue weighted by Crippen LogP contribution is -1.92. The van der Waals surface area contributed by atoms with Gasteiger partial charge in [-0.1, -0.05) is 11.8 Å².